The predicted molar refractivity (Wildman–Crippen MR) is 81.7 cm³/mol. The molecule has 2 fully saturated rings. The van der Waals surface area contributed by atoms with E-state index >= 15 is 0 Å². The van der Waals surface area contributed by atoms with Gasteiger partial charge >= 0.3 is 5.69 Å². The smallest absolute Gasteiger partial charge is 0.311 e. The number of rotatable bonds is 5. The molecule has 4 unspecified atom stereocenters. The molecule has 21 heavy (non-hydrogen) atoms. The highest BCUT2D eigenvalue weighted by atomic mass is 16.6. The highest BCUT2D eigenvalue weighted by Gasteiger charge is 2.41. The van der Waals surface area contributed by atoms with E-state index in [9.17, 15) is 10.1 Å². The molecule has 5 nitrogen and oxygen atoms in total. The number of ether oxygens (including phenoxy) is 1. The summed E-state index contributed by atoms with van der Waals surface area (Å²) in [5.41, 5.74) is 0.906. The molecule has 2 aliphatic rings. The van der Waals surface area contributed by atoms with Crippen molar-refractivity contribution in [2.45, 2.75) is 38.6 Å². The summed E-state index contributed by atoms with van der Waals surface area (Å²) in [5.74, 6) is 2.82. The van der Waals surface area contributed by atoms with Crippen molar-refractivity contribution in [3.8, 4) is 5.75 Å². The number of hydrogen-bond donors (Lipinski definition) is 1. The number of anilines is 1. The summed E-state index contributed by atoms with van der Waals surface area (Å²) in [4.78, 5) is 10.5. The molecule has 2 bridgehead atoms. The summed E-state index contributed by atoms with van der Waals surface area (Å²) < 4.78 is 5.12. The normalized spacial score (nSPS) is 28.4. The van der Waals surface area contributed by atoms with Gasteiger partial charge in [0, 0.05) is 23.9 Å². The lowest BCUT2D eigenvalue weighted by molar-refractivity contribution is -0.385. The number of hydrogen-bond acceptors (Lipinski definition) is 4. The Labute approximate surface area is 124 Å². The maximum absolute atomic E-state index is 10.9. The Morgan fingerprint density at radius 2 is 2.19 bits per heavy atom. The lowest BCUT2D eigenvalue weighted by Gasteiger charge is -2.29. The van der Waals surface area contributed by atoms with Gasteiger partial charge in [0.2, 0.25) is 0 Å². The summed E-state index contributed by atoms with van der Waals surface area (Å²) in [5, 5.41) is 14.4. The largest absolute Gasteiger partial charge is 0.490 e. The molecule has 0 aromatic heterocycles. The third-order valence-corrected chi connectivity index (χ3v) is 5.21. The molecule has 114 valence electrons. The first-order chi connectivity index (χ1) is 10.1. The molecule has 0 heterocycles. The van der Waals surface area contributed by atoms with Gasteiger partial charge in [0.25, 0.3) is 0 Å². The minimum Gasteiger partial charge on any atom is -0.490 e. The zero-order chi connectivity index (χ0) is 15.0. The van der Waals surface area contributed by atoms with E-state index in [1.807, 2.05) is 0 Å². The fraction of sp³-hybridized carbons (Fsp3) is 0.625. The summed E-state index contributed by atoms with van der Waals surface area (Å²) in [6.45, 7) is 2.22. The topological polar surface area (TPSA) is 64.4 Å². The molecule has 1 aromatic rings. The van der Waals surface area contributed by atoms with Gasteiger partial charge in [-0.3, -0.25) is 10.1 Å². The number of nitrogens with one attached hydrogen (secondary N) is 1. The zero-order valence-electron chi connectivity index (χ0n) is 12.5. The molecular weight excluding hydrogens is 268 g/mol. The van der Waals surface area contributed by atoms with E-state index < -0.39 is 4.92 Å². The Kier molecular flexibility index (Phi) is 3.74. The molecule has 0 saturated heterocycles. The van der Waals surface area contributed by atoms with E-state index in [0.717, 1.165) is 23.4 Å². The van der Waals surface area contributed by atoms with Crippen LogP contribution in [0.1, 0.15) is 32.6 Å². The second kappa shape index (κ2) is 5.54. The van der Waals surface area contributed by atoms with Crippen molar-refractivity contribution in [2.75, 3.05) is 12.4 Å². The fourth-order valence-electron chi connectivity index (χ4n) is 4.19. The first kappa shape index (κ1) is 14.2. The SMILES string of the molecule is COc1cc(NC(C)C2CC3CCC2C3)ccc1[N+](=O)[O-]. The van der Waals surface area contributed by atoms with Gasteiger partial charge in [-0.05, 0) is 50.0 Å². The van der Waals surface area contributed by atoms with Crippen LogP contribution in [0.15, 0.2) is 18.2 Å². The highest BCUT2D eigenvalue weighted by molar-refractivity contribution is 5.58. The minimum absolute atomic E-state index is 0.00984. The number of nitro benzene ring substituents is 1. The van der Waals surface area contributed by atoms with E-state index in [2.05, 4.69) is 12.2 Å². The van der Waals surface area contributed by atoms with Gasteiger partial charge in [-0.1, -0.05) is 6.42 Å². The van der Waals surface area contributed by atoms with E-state index in [4.69, 9.17) is 4.74 Å². The number of benzene rings is 1. The van der Waals surface area contributed by atoms with Gasteiger partial charge < -0.3 is 10.1 Å². The molecule has 2 saturated carbocycles. The Hall–Kier alpha value is -1.78. The van der Waals surface area contributed by atoms with Crippen LogP contribution in [-0.4, -0.2) is 18.1 Å². The molecule has 5 heteroatoms. The Bertz CT molecular complexity index is 546. The lowest BCUT2D eigenvalue weighted by atomic mass is 9.84. The molecule has 4 atom stereocenters. The Balaban J connectivity index is 1.71. The standard InChI is InChI=1S/C16H22N2O3/c1-10(14-8-11-3-4-12(14)7-11)17-13-5-6-15(18(19)20)16(9-13)21-2/h5-6,9-12,14,17H,3-4,7-8H2,1-2H3. The maximum atomic E-state index is 10.9. The van der Waals surface area contributed by atoms with Crippen molar-refractivity contribution in [1.29, 1.82) is 0 Å². The third kappa shape index (κ3) is 2.69. The first-order valence-corrected chi connectivity index (χ1v) is 7.67. The monoisotopic (exact) mass is 290 g/mol. The number of nitro groups is 1. The van der Waals surface area contributed by atoms with Crippen molar-refractivity contribution < 1.29 is 9.66 Å². The molecule has 0 aliphatic heterocycles. The van der Waals surface area contributed by atoms with Gasteiger partial charge in [0.1, 0.15) is 0 Å². The van der Waals surface area contributed by atoms with Crippen molar-refractivity contribution in [1.82, 2.24) is 0 Å². The second-order valence-corrected chi connectivity index (χ2v) is 6.42. The van der Waals surface area contributed by atoms with E-state index in [1.54, 1.807) is 12.1 Å². The van der Waals surface area contributed by atoms with Gasteiger partial charge in [-0.15, -0.1) is 0 Å². The average Bonchev–Trinajstić information content (AvgIpc) is 3.09. The maximum Gasteiger partial charge on any atom is 0.311 e. The second-order valence-electron chi connectivity index (χ2n) is 6.42. The molecule has 1 aromatic carbocycles. The van der Waals surface area contributed by atoms with E-state index in [0.29, 0.717) is 11.8 Å². The van der Waals surface area contributed by atoms with Gasteiger partial charge in [0.05, 0.1) is 12.0 Å². The van der Waals surface area contributed by atoms with Crippen LogP contribution in [0.4, 0.5) is 11.4 Å². The molecule has 0 radical (unpaired) electrons. The zero-order valence-corrected chi connectivity index (χ0v) is 12.5. The summed E-state index contributed by atoms with van der Waals surface area (Å²) >= 11 is 0. The highest BCUT2D eigenvalue weighted by Crippen LogP contribution is 2.50. The van der Waals surface area contributed by atoms with E-state index in [-0.39, 0.29) is 5.69 Å². The van der Waals surface area contributed by atoms with Crippen LogP contribution in [-0.2, 0) is 0 Å². The van der Waals surface area contributed by atoms with Gasteiger partial charge in [-0.25, -0.2) is 0 Å². The molecule has 0 amide bonds. The quantitative estimate of drug-likeness (QED) is 0.661. The van der Waals surface area contributed by atoms with Crippen molar-refractivity contribution in [2.24, 2.45) is 17.8 Å². The fourth-order valence-corrected chi connectivity index (χ4v) is 4.19. The molecule has 1 N–H and O–H groups in total. The number of nitrogens with zero attached hydrogens (tertiary/aromatic N) is 1. The minimum atomic E-state index is -0.415. The average molecular weight is 290 g/mol. The molecule has 3 rings (SSSR count). The van der Waals surface area contributed by atoms with Gasteiger partial charge in [-0.2, -0.15) is 0 Å². The lowest BCUT2D eigenvalue weighted by Crippen LogP contribution is -2.29. The Morgan fingerprint density at radius 1 is 1.38 bits per heavy atom. The summed E-state index contributed by atoms with van der Waals surface area (Å²) in [6, 6.07) is 5.40. The van der Waals surface area contributed by atoms with Crippen LogP contribution >= 0.6 is 0 Å². The molecular formula is C16H22N2O3. The van der Waals surface area contributed by atoms with Crippen LogP contribution in [0.3, 0.4) is 0 Å². The summed E-state index contributed by atoms with van der Waals surface area (Å²) in [6.07, 6.45) is 5.48. The van der Waals surface area contributed by atoms with Crippen LogP contribution in [0.5, 0.6) is 5.75 Å². The van der Waals surface area contributed by atoms with E-state index in [1.165, 1.54) is 38.9 Å². The van der Waals surface area contributed by atoms with Crippen molar-refractivity contribution in [3.05, 3.63) is 28.3 Å². The summed E-state index contributed by atoms with van der Waals surface area (Å²) in [7, 11) is 1.46. The van der Waals surface area contributed by atoms with Crippen LogP contribution < -0.4 is 10.1 Å². The number of methoxy groups -OCH3 is 1. The molecule has 0 spiro atoms. The first-order valence-electron chi connectivity index (χ1n) is 7.67. The van der Waals surface area contributed by atoms with Crippen molar-refractivity contribution in [3.63, 3.8) is 0 Å². The number of fused-ring (bicyclic) bond motifs is 2. The predicted octanol–water partition coefficient (Wildman–Crippen LogP) is 3.84. The van der Waals surface area contributed by atoms with Gasteiger partial charge in [0.15, 0.2) is 5.75 Å². The molecule has 2 aliphatic carbocycles. The third-order valence-electron chi connectivity index (χ3n) is 5.21. The van der Waals surface area contributed by atoms with Crippen molar-refractivity contribution >= 4 is 11.4 Å². The van der Waals surface area contributed by atoms with Crippen LogP contribution in [0, 0.1) is 27.9 Å². The van der Waals surface area contributed by atoms with Crippen LogP contribution in [0.2, 0.25) is 0 Å². The Morgan fingerprint density at radius 3 is 2.76 bits per heavy atom. The van der Waals surface area contributed by atoms with Crippen LogP contribution in [0.25, 0.3) is 0 Å².